The van der Waals surface area contributed by atoms with E-state index in [4.69, 9.17) is 0 Å². The summed E-state index contributed by atoms with van der Waals surface area (Å²) in [6.07, 6.45) is 2.76. The zero-order chi connectivity index (χ0) is 19.6. The SMILES string of the molecule is O=C(Nc1cccc(-n2cnnn2)c1)C1CCCN(S(=O)(=O)c2cccs2)C1. The Morgan fingerprint density at radius 1 is 1.25 bits per heavy atom. The van der Waals surface area contributed by atoms with E-state index in [-0.39, 0.29) is 12.5 Å². The van der Waals surface area contributed by atoms with Crippen molar-refractivity contribution < 1.29 is 13.2 Å². The van der Waals surface area contributed by atoms with E-state index in [0.717, 1.165) is 0 Å². The van der Waals surface area contributed by atoms with E-state index in [1.165, 1.54) is 26.7 Å². The summed E-state index contributed by atoms with van der Waals surface area (Å²) in [5, 5.41) is 15.6. The van der Waals surface area contributed by atoms with Crippen LogP contribution in [0.4, 0.5) is 5.69 Å². The smallest absolute Gasteiger partial charge is 0.252 e. The van der Waals surface area contributed by atoms with Gasteiger partial charge in [-0.15, -0.1) is 16.4 Å². The predicted octanol–water partition coefficient (Wildman–Crippen LogP) is 1.76. The zero-order valence-electron chi connectivity index (χ0n) is 14.8. The van der Waals surface area contributed by atoms with Crippen LogP contribution in [0.15, 0.2) is 52.3 Å². The molecule has 28 heavy (non-hydrogen) atoms. The fourth-order valence-corrected chi connectivity index (χ4v) is 5.83. The van der Waals surface area contributed by atoms with Gasteiger partial charge in [-0.25, -0.2) is 13.1 Å². The highest BCUT2D eigenvalue weighted by atomic mass is 32.2. The van der Waals surface area contributed by atoms with E-state index < -0.39 is 15.9 Å². The van der Waals surface area contributed by atoms with E-state index in [2.05, 4.69) is 20.8 Å². The number of nitrogens with one attached hydrogen (secondary N) is 1. The Morgan fingerprint density at radius 3 is 2.89 bits per heavy atom. The van der Waals surface area contributed by atoms with Crippen molar-refractivity contribution in [1.82, 2.24) is 24.5 Å². The molecule has 1 atom stereocenters. The number of piperidine rings is 1. The number of thiophene rings is 1. The molecule has 1 unspecified atom stereocenters. The fourth-order valence-electron chi connectivity index (χ4n) is 3.16. The molecule has 0 bridgehead atoms. The minimum atomic E-state index is -3.55. The van der Waals surface area contributed by atoms with Crippen molar-refractivity contribution >= 4 is 33.0 Å². The third-order valence-electron chi connectivity index (χ3n) is 4.57. The van der Waals surface area contributed by atoms with E-state index in [1.807, 2.05) is 6.07 Å². The fraction of sp³-hybridized carbons (Fsp3) is 0.294. The molecule has 1 aromatic carbocycles. The third-order valence-corrected chi connectivity index (χ3v) is 7.81. The summed E-state index contributed by atoms with van der Waals surface area (Å²) >= 11 is 1.19. The molecule has 0 radical (unpaired) electrons. The quantitative estimate of drug-likeness (QED) is 0.676. The lowest BCUT2D eigenvalue weighted by Gasteiger charge is -2.30. The minimum Gasteiger partial charge on any atom is -0.326 e. The van der Waals surface area contributed by atoms with Crippen LogP contribution in [0.3, 0.4) is 0 Å². The Hall–Kier alpha value is -2.63. The van der Waals surface area contributed by atoms with Gasteiger partial charge in [0.05, 0.1) is 11.6 Å². The van der Waals surface area contributed by atoms with Crippen molar-refractivity contribution in [3.8, 4) is 5.69 Å². The summed E-state index contributed by atoms with van der Waals surface area (Å²) in [6, 6.07) is 10.5. The van der Waals surface area contributed by atoms with Gasteiger partial charge in [-0.2, -0.15) is 4.31 Å². The number of amides is 1. The molecular weight excluding hydrogens is 400 g/mol. The Labute approximate surface area is 166 Å². The first-order valence-corrected chi connectivity index (χ1v) is 11.0. The molecule has 1 amide bonds. The van der Waals surface area contributed by atoms with Gasteiger partial charge in [-0.3, -0.25) is 4.79 Å². The van der Waals surface area contributed by atoms with Crippen molar-refractivity contribution in [3.05, 3.63) is 48.1 Å². The molecule has 3 aromatic rings. The second kappa shape index (κ2) is 7.78. The number of aromatic nitrogens is 4. The normalized spacial score (nSPS) is 18.1. The number of hydrogen-bond acceptors (Lipinski definition) is 7. The first kappa shape index (κ1) is 18.7. The second-order valence-electron chi connectivity index (χ2n) is 6.43. The van der Waals surface area contributed by atoms with Crippen LogP contribution in [-0.4, -0.2) is 51.9 Å². The summed E-state index contributed by atoms with van der Waals surface area (Å²) < 4.78 is 28.7. The highest BCUT2D eigenvalue weighted by molar-refractivity contribution is 7.91. The molecule has 4 rings (SSSR count). The number of carbonyl (C=O) groups is 1. The average Bonchev–Trinajstić information content (AvgIpc) is 3.42. The van der Waals surface area contributed by atoms with Crippen LogP contribution in [0, 0.1) is 5.92 Å². The van der Waals surface area contributed by atoms with Crippen molar-refractivity contribution in [2.24, 2.45) is 5.92 Å². The maximum Gasteiger partial charge on any atom is 0.252 e. The van der Waals surface area contributed by atoms with Gasteiger partial charge in [0, 0.05) is 18.8 Å². The number of tetrazole rings is 1. The second-order valence-corrected chi connectivity index (χ2v) is 9.54. The molecule has 2 aromatic heterocycles. The molecule has 1 fully saturated rings. The predicted molar refractivity (Wildman–Crippen MR) is 104 cm³/mol. The topological polar surface area (TPSA) is 110 Å². The summed E-state index contributed by atoms with van der Waals surface area (Å²) in [5.41, 5.74) is 1.32. The van der Waals surface area contributed by atoms with Crippen LogP contribution >= 0.6 is 11.3 Å². The van der Waals surface area contributed by atoms with E-state index in [9.17, 15) is 13.2 Å². The van der Waals surface area contributed by atoms with Crippen molar-refractivity contribution in [2.45, 2.75) is 17.1 Å². The molecule has 0 spiro atoms. The molecule has 1 saturated heterocycles. The first-order chi connectivity index (χ1) is 13.5. The number of nitrogens with zero attached hydrogens (tertiary/aromatic N) is 5. The van der Waals surface area contributed by atoms with E-state index >= 15 is 0 Å². The molecule has 146 valence electrons. The number of anilines is 1. The van der Waals surface area contributed by atoms with Gasteiger partial charge in [0.2, 0.25) is 5.91 Å². The van der Waals surface area contributed by atoms with Gasteiger partial charge in [0.1, 0.15) is 10.5 Å². The number of benzene rings is 1. The van der Waals surface area contributed by atoms with Crippen LogP contribution in [0.2, 0.25) is 0 Å². The van der Waals surface area contributed by atoms with Crippen LogP contribution in [0.1, 0.15) is 12.8 Å². The molecular formula is C17H18N6O3S2. The number of hydrogen-bond donors (Lipinski definition) is 1. The maximum absolute atomic E-state index is 12.7. The van der Waals surface area contributed by atoms with Crippen LogP contribution < -0.4 is 5.32 Å². The largest absolute Gasteiger partial charge is 0.326 e. The number of carbonyl (C=O) groups excluding carboxylic acids is 1. The minimum absolute atomic E-state index is 0.179. The van der Waals surface area contributed by atoms with Crippen LogP contribution in [0.5, 0.6) is 0 Å². The first-order valence-electron chi connectivity index (χ1n) is 8.72. The van der Waals surface area contributed by atoms with Crippen molar-refractivity contribution in [1.29, 1.82) is 0 Å². The van der Waals surface area contributed by atoms with Gasteiger partial charge >= 0.3 is 0 Å². The van der Waals surface area contributed by atoms with Gasteiger partial charge in [-0.05, 0) is 52.9 Å². The number of sulfonamides is 1. The zero-order valence-corrected chi connectivity index (χ0v) is 16.4. The van der Waals surface area contributed by atoms with Gasteiger partial charge < -0.3 is 5.32 Å². The molecule has 1 aliphatic rings. The van der Waals surface area contributed by atoms with Crippen molar-refractivity contribution in [3.63, 3.8) is 0 Å². The van der Waals surface area contributed by atoms with E-state index in [0.29, 0.717) is 35.0 Å². The molecule has 3 heterocycles. The Balaban J connectivity index is 1.46. The lowest BCUT2D eigenvalue weighted by Crippen LogP contribution is -2.43. The van der Waals surface area contributed by atoms with Crippen LogP contribution in [0.25, 0.3) is 5.69 Å². The molecule has 11 heteroatoms. The van der Waals surface area contributed by atoms with Gasteiger partial charge in [-0.1, -0.05) is 12.1 Å². The Kier molecular flexibility index (Phi) is 5.20. The highest BCUT2D eigenvalue weighted by Crippen LogP contribution is 2.27. The molecule has 0 aliphatic carbocycles. The summed E-state index contributed by atoms with van der Waals surface area (Å²) in [6.45, 7) is 0.609. The average molecular weight is 419 g/mol. The van der Waals surface area contributed by atoms with Gasteiger partial charge in [0.15, 0.2) is 0 Å². The van der Waals surface area contributed by atoms with E-state index in [1.54, 1.807) is 35.7 Å². The van der Waals surface area contributed by atoms with Gasteiger partial charge in [0.25, 0.3) is 10.0 Å². The summed E-state index contributed by atoms with van der Waals surface area (Å²) in [7, 11) is -3.55. The number of rotatable bonds is 5. The van der Waals surface area contributed by atoms with Crippen molar-refractivity contribution in [2.75, 3.05) is 18.4 Å². The summed E-state index contributed by atoms with van der Waals surface area (Å²) in [4.78, 5) is 12.7. The standard InChI is InChI=1S/C17H18N6O3S2/c24-17(19-14-5-1-6-15(10-14)23-12-18-20-21-23)13-4-2-8-22(11-13)28(25,26)16-7-3-9-27-16/h1,3,5-7,9-10,12-13H,2,4,8,11H2,(H,19,24). The molecule has 0 saturated carbocycles. The monoisotopic (exact) mass is 418 g/mol. The summed E-state index contributed by atoms with van der Waals surface area (Å²) in [5.74, 6) is -0.597. The Morgan fingerprint density at radius 2 is 2.14 bits per heavy atom. The third kappa shape index (κ3) is 3.81. The maximum atomic E-state index is 12.7. The Bertz CT molecular complexity index is 1050. The molecule has 1 aliphatic heterocycles. The van der Waals surface area contributed by atoms with Crippen LogP contribution in [-0.2, 0) is 14.8 Å². The molecule has 1 N–H and O–H groups in total. The molecule has 9 nitrogen and oxygen atoms in total. The lowest BCUT2D eigenvalue weighted by molar-refractivity contribution is -0.120. The highest BCUT2D eigenvalue weighted by Gasteiger charge is 2.33. The lowest BCUT2D eigenvalue weighted by atomic mass is 9.98.